The molecule has 2 atom stereocenters. The van der Waals surface area contributed by atoms with E-state index < -0.39 is 6.10 Å². The van der Waals surface area contributed by atoms with Crippen molar-refractivity contribution in [1.29, 1.82) is 0 Å². The van der Waals surface area contributed by atoms with Gasteiger partial charge in [-0.25, -0.2) is 0 Å². The molecule has 3 aromatic rings. The highest BCUT2D eigenvalue weighted by atomic mass is 32.1. The zero-order valence-corrected chi connectivity index (χ0v) is 15.8. The maximum Gasteiger partial charge on any atom is 0.147 e. The number of aliphatic hydroxyl groups excluding tert-OH is 1. The van der Waals surface area contributed by atoms with Crippen molar-refractivity contribution in [3.63, 3.8) is 0 Å². The Hall–Kier alpha value is -2.36. The number of ether oxygens (including phenoxy) is 1. The highest BCUT2D eigenvalue weighted by Gasteiger charge is 2.35. The van der Waals surface area contributed by atoms with Crippen LogP contribution in [0.5, 0.6) is 5.75 Å². The van der Waals surface area contributed by atoms with Crippen molar-refractivity contribution in [3.05, 3.63) is 93.2 Å². The molecule has 0 radical (unpaired) electrons. The molecule has 4 rings (SSSR count). The quantitative estimate of drug-likeness (QED) is 0.639. The summed E-state index contributed by atoms with van der Waals surface area (Å²) in [5, 5.41) is 13.0. The van der Waals surface area contributed by atoms with Crippen LogP contribution in [0.1, 0.15) is 40.8 Å². The maximum absolute atomic E-state index is 11.0. The van der Waals surface area contributed by atoms with Gasteiger partial charge in [-0.05, 0) is 42.0 Å². The van der Waals surface area contributed by atoms with Gasteiger partial charge in [0.1, 0.15) is 11.5 Å². The average Bonchev–Trinajstić information content (AvgIpc) is 3.21. The first-order valence-electron chi connectivity index (χ1n) is 8.99. The van der Waals surface area contributed by atoms with Gasteiger partial charge in [0, 0.05) is 17.1 Å². The van der Waals surface area contributed by atoms with E-state index in [2.05, 4.69) is 43.3 Å². The Morgan fingerprint density at radius 2 is 1.73 bits per heavy atom. The number of rotatable bonds is 4. The Bertz CT molecular complexity index is 940. The molecule has 0 bridgehead atoms. The van der Waals surface area contributed by atoms with Gasteiger partial charge in [0.2, 0.25) is 0 Å². The number of benzene rings is 2. The molecule has 0 amide bonds. The van der Waals surface area contributed by atoms with Crippen LogP contribution in [0.15, 0.2) is 71.6 Å². The van der Waals surface area contributed by atoms with Crippen LogP contribution in [-0.2, 0) is 0 Å². The summed E-state index contributed by atoms with van der Waals surface area (Å²) in [5.74, 6) is 1.67. The first-order valence-corrected chi connectivity index (χ1v) is 9.87. The lowest BCUT2D eigenvalue weighted by atomic mass is 9.77. The Morgan fingerprint density at radius 3 is 2.42 bits per heavy atom. The van der Waals surface area contributed by atoms with Crippen molar-refractivity contribution in [2.45, 2.75) is 32.3 Å². The lowest BCUT2D eigenvalue weighted by Crippen LogP contribution is -2.24. The molecule has 0 fully saturated rings. The summed E-state index contributed by atoms with van der Waals surface area (Å²) in [5.41, 5.74) is 4.52. The third-order valence-corrected chi connectivity index (χ3v) is 5.87. The van der Waals surface area contributed by atoms with Gasteiger partial charge in [-0.2, -0.15) is 0 Å². The predicted molar refractivity (Wildman–Crippen MR) is 108 cm³/mol. The minimum atomic E-state index is -0.551. The molecule has 1 N–H and O–H groups in total. The Kier molecular flexibility index (Phi) is 4.66. The van der Waals surface area contributed by atoms with E-state index in [1.807, 2.05) is 36.6 Å². The van der Waals surface area contributed by atoms with E-state index in [0.29, 0.717) is 6.42 Å². The van der Waals surface area contributed by atoms with Crippen molar-refractivity contribution < 1.29 is 9.84 Å². The molecule has 1 aromatic heterocycles. The number of para-hydroxylation sites is 1. The third-order valence-electron chi connectivity index (χ3n) is 5.01. The molecule has 0 unspecified atom stereocenters. The standard InChI is InChI=1S/C23H22O2S/c1-3-18(24)22-21(16-10-5-4-9-15(16)2)17-11-6-7-12-19(17)25-23(22)20-13-8-14-26-20/h4-14,18,21,24H,3H2,1-2H3/t18-,21+/m0/s1. The van der Waals surface area contributed by atoms with E-state index in [9.17, 15) is 5.11 Å². The van der Waals surface area contributed by atoms with Crippen LogP contribution in [0.3, 0.4) is 0 Å². The summed E-state index contributed by atoms with van der Waals surface area (Å²) in [6, 6.07) is 20.7. The van der Waals surface area contributed by atoms with E-state index in [1.165, 1.54) is 11.1 Å². The molecule has 132 valence electrons. The van der Waals surface area contributed by atoms with Crippen molar-refractivity contribution in [2.24, 2.45) is 0 Å². The largest absolute Gasteiger partial charge is 0.455 e. The van der Waals surface area contributed by atoms with Gasteiger partial charge in [0.25, 0.3) is 0 Å². The van der Waals surface area contributed by atoms with Crippen molar-refractivity contribution in [2.75, 3.05) is 0 Å². The molecule has 3 heteroatoms. The Labute approximate surface area is 158 Å². The molecular formula is C23H22O2S. The average molecular weight is 362 g/mol. The number of hydrogen-bond donors (Lipinski definition) is 1. The lowest BCUT2D eigenvalue weighted by Gasteiger charge is -2.33. The van der Waals surface area contributed by atoms with E-state index in [0.717, 1.165) is 27.5 Å². The topological polar surface area (TPSA) is 29.5 Å². The first-order chi connectivity index (χ1) is 12.7. The predicted octanol–water partition coefficient (Wildman–Crippen LogP) is 5.76. The molecule has 2 aromatic carbocycles. The molecule has 26 heavy (non-hydrogen) atoms. The highest BCUT2D eigenvalue weighted by molar-refractivity contribution is 7.11. The van der Waals surface area contributed by atoms with E-state index in [-0.39, 0.29) is 5.92 Å². The minimum absolute atomic E-state index is 0.00630. The van der Waals surface area contributed by atoms with Gasteiger partial charge in [-0.3, -0.25) is 0 Å². The summed E-state index contributed by atoms with van der Waals surface area (Å²) in [4.78, 5) is 1.06. The first kappa shape index (κ1) is 17.1. The summed E-state index contributed by atoms with van der Waals surface area (Å²) >= 11 is 1.64. The molecule has 0 aliphatic carbocycles. The van der Waals surface area contributed by atoms with Gasteiger partial charge >= 0.3 is 0 Å². The summed E-state index contributed by atoms with van der Waals surface area (Å²) < 4.78 is 6.33. The van der Waals surface area contributed by atoms with E-state index >= 15 is 0 Å². The zero-order chi connectivity index (χ0) is 18.1. The van der Waals surface area contributed by atoms with Crippen LogP contribution >= 0.6 is 11.3 Å². The minimum Gasteiger partial charge on any atom is -0.455 e. The number of aryl methyl sites for hydroxylation is 1. The molecule has 0 saturated heterocycles. The van der Waals surface area contributed by atoms with Crippen LogP contribution in [0, 0.1) is 6.92 Å². The second-order valence-electron chi connectivity index (χ2n) is 6.62. The van der Waals surface area contributed by atoms with Crippen LogP contribution < -0.4 is 4.74 Å². The second kappa shape index (κ2) is 7.10. The number of aliphatic hydroxyl groups is 1. The fraction of sp³-hybridized carbons (Fsp3) is 0.217. The van der Waals surface area contributed by atoms with Gasteiger partial charge in [0.15, 0.2) is 0 Å². The summed E-state index contributed by atoms with van der Waals surface area (Å²) in [6.45, 7) is 4.15. The van der Waals surface area contributed by atoms with Crippen molar-refractivity contribution in [1.82, 2.24) is 0 Å². The van der Waals surface area contributed by atoms with Crippen LogP contribution in [0.2, 0.25) is 0 Å². The highest BCUT2D eigenvalue weighted by Crippen LogP contribution is 2.48. The Morgan fingerprint density at radius 1 is 1.00 bits per heavy atom. The number of hydrogen-bond acceptors (Lipinski definition) is 3. The molecular weight excluding hydrogens is 340 g/mol. The van der Waals surface area contributed by atoms with Crippen molar-refractivity contribution >= 4 is 17.1 Å². The molecule has 1 aliphatic rings. The van der Waals surface area contributed by atoms with E-state index in [1.54, 1.807) is 11.3 Å². The van der Waals surface area contributed by atoms with Crippen molar-refractivity contribution in [3.8, 4) is 5.75 Å². The van der Waals surface area contributed by atoms with Gasteiger partial charge in [-0.1, -0.05) is 55.5 Å². The monoisotopic (exact) mass is 362 g/mol. The Balaban J connectivity index is 2.01. The smallest absolute Gasteiger partial charge is 0.147 e. The summed E-state index contributed by atoms with van der Waals surface area (Å²) in [6.07, 6.45) is 0.100. The molecule has 0 saturated carbocycles. The normalized spacial score (nSPS) is 17.6. The second-order valence-corrected chi connectivity index (χ2v) is 7.56. The fourth-order valence-corrected chi connectivity index (χ4v) is 4.42. The molecule has 2 heterocycles. The van der Waals surface area contributed by atoms with Crippen LogP contribution in [0.25, 0.3) is 5.76 Å². The van der Waals surface area contributed by atoms with Crippen LogP contribution in [-0.4, -0.2) is 11.2 Å². The molecule has 2 nitrogen and oxygen atoms in total. The van der Waals surface area contributed by atoms with Gasteiger partial charge < -0.3 is 9.84 Å². The van der Waals surface area contributed by atoms with E-state index in [4.69, 9.17) is 4.74 Å². The SMILES string of the molecule is CC[C@H](O)C1=C(c2cccs2)Oc2ccccc2[C@H]1c1ccccc1C. The number of thiophene rings is 1. The van der Waals surface area contributed by atoms with Crippen LogP contribution in [0.4, 0.5) is 0 Å². The third kappa shape index (κ3) is 2.87. The lowest BCUT2D eigenvalue weighted by molar-refractivity contribution is 0.197. The zero-order valence-electron chi connectivity index (χ0n) is 15.0. The fourth-order valence-electron chi connectivity index (χ4n) is 3.69. The number of fused-ring (bicyclic) bond motifs is 1. The maximum atomic E-state index is 11.0. The molecule has 1 aliphatic heterocycles. The molecule has 0 spiro atoms. The summed E-state index contributed by atoms with van der Waals surface area (Å²) in [7, 11) is 0. The van der Waals surface area contributed by atoms with Gasteiger partial charge in [-0.15, -0.1) is 11.3 Å². The van der Waals surface area contributed by atoms with Gasteiger partial charge in [0.05, 0.1) is 11.0 Å².